The number of hydrogen-bond donors (Lipinski definition) is 0. The van der Waals surface area contributed by atoms with Crippen molar-refractivity contribution in [1.29, 1.82) is 0 Å². The van der Waals surface area contributed by atoms with Crippen molar-refractivity contribution in [3.8, 4) is 11.3 Å². The van der Waals surface area contributed by atoms with Crippen LogP contribution in [-0.2, 0) is 6.42 Å². The van der Waals surface area contributed by atoms with Crippen LogP contribution in [0.2, 0.25) is 5.02 Å². The average molecular weight is 474 g/mol. The Morgan fingerprint density at radius 2 is 1.65 bits per heavy atom. The predicted octanol–water partition coefficient (Wildman–Crippen LogP) is 5.31. The molecule has 1 aliphatic heterocycles. The van der Waals surface area contributed by atoms with E-state index in [2.05, 4.69) is 19.1 Å². The maximum absolute atomic E-state index is 13.6. The number of pyridine rings is 1. The van der Waals surface area contributed by atoms with E-state index in [1.165, 1.54) is 11.8 Å². The highest BCUT2D eigenvalue weighted by atomic mass is 35.5. The zero-order valence-corrected chi connectivity index (χ0v) is 19.6. The number of nitrogens with zero attached hydrogens (tertiary/aromatic N) is 3. The van der Waals surface area contributed by atoms with Gasteiger partial charge in [-0.05, 0) is 36.2 Å². The third kappa shape index (κ3) is 4.17. The first-order valence-corrected chi connectivity index (χ1v) is 11.7. The molecular weight excluding hydrogens is 450 g/mol. The smallest absolute Gasteiger partial charge is 0.289 e. The Morgan fingerprint density at radius 3 is 2.29 bits per heavy atom. The van der Waals surface area contributed by atoms with E-state index in [4.69, 9.17) is 21.0 Å². The number of piperazine rings is 1. The van der Waals surface area contributed by atoms with Gasteiger partial charge in [-0.3, -0.25) is 9.59 Å². The third-order valence-corrected chi connectivity index (χ3v) is 6.57. The molecule has 0 spiro atoms. The predicted molar refractivity (Wildman–Crippen MR) is 132 cm³/mol. The maximum atomic E-state index is 13.6. The Kier molecular flexibility index (Phi) is 6.07. The number of furan rings is 1. The van der Waals surface area contributed by atoms with Crippen LogP contribution in [0.3, 0.4) is 0 Å². The number of benzene rings is 2. The Balaban J connectivity index is 1.45. The van der Waals surface area contributed by atoms with Crippen LogP contribution in [-0.4, -0.2) is 52.8 Å². The maximum Gasteiger partial charge on any atom is 0.289 e. The topological polar surface area (TPSA) is 66.7 Å². The first-order chi connectivity index (χ1) is 16.5. The van der Waals surface area contributed by atoms with Crippen molar-refractivity contribution in [2.45, 2.75) is 13.3 Å². The molecule has 3 heterocycles. The fourth-order valence-corrected chi connectivity index (χ4v) is 4.51. The van der Waals surface area contributed by atoms with Gasteiger partial charge in [-0.1, -0.05) is 54.9 Å². The number of amides is 2. The van der Waals surface area contributed by atoms with Crippen molar-refractivity contribution in [3.63, 3.8) is 0 Å². The zero-order valence-electron chi connectivity index (χ0n) is 18.8. The lowest BCUT2D eigenvalue weighted by molar-refractivity contribution is 0.0519. The molecule has 2 aromatic heterocycles. The number of aromatic nitrogens is 1. The number of aryl methyl sites for hydroxylation is 1. The minimum Gasteiger partial charge on any atom is -0.459 e. The van der Waals surface area contributed by atoms with Crippen LogP contribution in [0.25, 0.3) is 22.2 Å². The second-order valence-corrected chi connectivity index (χ2v) is 8.71. The molecule has 7 heteroatoms. The molecule has 5 rings (SSSR count). The molecule has 0 N–H and O–H groups in total. The summed E-state index contributed by atoms with van der Waals surface area (Å²) >= 11 is 6.49. The third-order valence-electron chi connectivity index (χ3n) is 6.26. The summed E-state index contributed by atoms with van der Waals surface area (Å²) in [5.41, 5.74) is 4.05. The minimum absolute atomic E-state index is 0.0915. The van der Waals surface area contributed by atoms with Crippen molar-refractivity contribution in [2.24, 2.45) is 0 Å². The van der Waals surface area contributed by atoms with E-state index in [0.29, 0.717) is 53.7 Å². The van der Waals surface area contributed by atoms with Gasteiger partial charge in [0.1, 0.15) is 0 Å². The highest BCUT2D eigenvalue weighted by molar-refractivity contribution is 6.35. The highest BCUT2D eigenvalue weighted by Gasteiger charge is 2.28. The minimum atomic E-state index is -0.156. The van der Waals surface area contributed by atoms with Gasteiger partial charge in [-0.25, -0.2) is 4.98 Å². The van der Waals surface area contributed by atoms with E-state index in [1.807, 2.05) is 30.3 Å². The first kappa shape index (κ1) is 22.2. The van der Waals surface area contributed by atoms with Gasteiger partial charge in [0.25, 0.3) is 11.8 Å². The lowest BCUT2D eigenvalue weighted by Crippen LogP contribution is -2.50. The summed E-state index contributed by atoms with van der Waals surface area (Å²) in [4.78, 5) is 34.5. The first-order valence-electron chi connectivity index (χ1n) is 11.4. The lowest BCUT2D eigenvalue weighted by Gasteiger charge is -2.34. The van der Waals surface area contributed by atoms with Crippen molar-refractivity contribution in [2.75, 3.05) is 26.2 Å². The molecule has 0 aliphatic carbocycles. The van der Waals surface area contributed by atoms with Crippen LogP contribution in [0.1, 0.15) is 33.4 Å². The highest BCUT2D eigenvalue weighted by Crippen LogP contribution is 2.30. The van der Waals surface area contributed by atoms with Crippen molar-refractivity contribution in [1.82, 2.24) is 14.8 Å². The van der Waals surface area contributed by atoms with Crippen LogP contribution < -0.4 is 0 Å². The molecular formula is C27H24ClN3O3. The van der Waals surface area contributed by atoms with Gasteiger partial charge in [-0.15, -0.1) is 0 Å². The molecule has 1 aliphatic rings. The number of para-hydroxylation sites is 1. The van der Waals surface area contributed by atoms with Crippen LogP contribution in [0, 0.1) is 0 Å². The summed E-state index contributed by atoms with van der Waals surface area (Å²) in [6.45, 7) is 3.88. The van der Waals surface area contributed by atoms with Crippen molar-refractivity contribution in [3.05, 3.63) is 88.8 Å². The van der Waals surface area contributed by atoms with E-state index < -0.39 is 0 Å². The van der Waals surface area contributed by atoms with Gasteiger partial charge in [0.15, 0.2) is 5.76 Å². The Hall–Kier alpha value is -3.64. The van der Waals surface area contributed by atoms with Crippen LogP contribution in [0.5, 0.6) is 0 Å². The van der Waals surface area contributed by atoms with Crippen molar-refractivity contribution < 1.29 is 14.0 Å². The zero-order chi connectivity index (χ0) is 23.7. The fraction of sp³-hybridized carbons (Fsp3) is 0.222. The van der Waals surface area contributed by atoms with E-state index in [9.17, 15) is 9.59 Å². The van der Waals surface area contributed by atoms with Crippen molar-refractivity contribution >= 4 is 34.3 Å². The summed E-state index contributed by atoms with van der Waals surface area (Å²) in [6, 6.07) is 18.9. The molecule has 1 saturated heterocycles. The molecule has 0 atom stereocenters. The molecule has 34 heavy (non-hydrogen) atoms. The van der Waals surface area contributed by atoms with Crippen LogP contribution in [0.4, 0.5) is 0 Å². The SMILES string of the molecule is CCc1ccc(-c2cc(C(=O)N3CCN(C(=O)c4ccco4)CC3)c3cccc(Cl)c3n2)cc1. The van der Waals surface area contributed by atoms with Gasteiger partial charge in [0, 0.05) is 37.1 Å². The number of rotatable bonds is 4. The molecule has 172 valence electrons. The number of carbonyl (C=O) groups excluding carboxylic acids is 2. The summed E-state index contributed by atoms with van der Waals surface area (Å²) in [5, 5.41) is 1.23. The summed E-state index contributed by atoms with van der Waals surface area (Å²) < 4.78 is 5.23. The van der Waals surface area contributed by atoms with Gasteiger partial charge >= 0.3 is 0 Å². The second kappa shape index (κ2) is 9.31. The van der Waals surface area contributed by atoms with Crippen LogP contribution >= 0.6 is 11.6 Å². The molecule has 0 saturated carbocycles. The van der Waals surface area contributed by atoms with E-state index in [1.54, 1.807) is 28.0 Å². The molecule has 0 bridgehead atoms. The number of hydrogen-bond acceptors (Lipinski definition) is 4. The normalized spacial score (nSPS) is 13.9. The average Bonchev–Trinajstić information content (AvgIpc) is 3.43. The second-order valence-electron chi connectivity index (χ2n) is 8.30. The van der Waals surface area contributed by atoms with Gasteiger partial charge in [0.2, 0.25) is 0 Å². The molecule has 4 aromatic rings. The molecule has 0 unspecified atom stereocenters. The van der Waals surface area contributed by atoms with E-state index in [-0.39, 0.29) is 11.8 Å². The van der Waals surface area contributed by atoms with E-state index in [0.717, 1.165) is 17.4 Å². The molecule has 0 radical (unpaired) electrons. The monoisotopic (exact) mass is 473 g/mol. The summed E-state index contributed by atoms with van der Waals surface area (Å²) in [5.74, 6) is 0.0653. The standard InChI is InChI=1S/C27H24ClN3O3/c1-2-18-8-10-19(11-9-18)23-17-21(20-5-3-6-22(28)25(20)29-23)26(32)30-12-14-31(15-13-30)27(33)24-7-4-16-34-24/h3-11,16-17H,2,12-15H2,1H3. The Bertz CT molecular complexity index is 1340. The fourth-order valence-electron chi connectivity index (χ4n) is 4.29. The summed E-state index contributed by atoms with van der Waals surface area (Å²) in [7, 11) is 0. The van der Waals surface area contributed by atoms with Gasteiger partial charge in [0.05, 0.1) is 28.1 Å². The lowest BCUT2D eigenvalue weighted by atomic mass is 10.0. The number of halogens is 1. The quantitative estimate of drug-likeness (QED) is 0.403. The largest absolute Gasteiger partial charge is 0.459 e. The Morgan fingerprint density at radius 1 is 0.941 bits per heavy atom. The molecule has 2 amide bonds. The molecule has 1 fully saturated rings. The molecule has 2 aromatic carbocycles. The number of fused-ring (bicyclic) bond motifs is 1. The van der Waals surface area contributed by atoms with E-state index >= 15 is 0 Å². The van der Waals surface area contributed by atoms with Crippen LogP contribution in [0.15, 0.2) is 71.3 Å². The van der Waals surface area contributed by atoms with Gasteiger partial charge in [-0.2, -0.15) is 0 Å². The Labute approximate surface area is 202 Å². The molecule has 6 nitrogen and oxygen atoms in total. The van der Waals surface area contributed by atoms with Gasteiger partial charge < -0.3 is 14.2 Å². The summed E-state index contributed by atoms with van der Waals surface area (Å²) in [6.07, 6.45) is 2.44. The number of carbonyl (C=O) groups is 2.